The molecule has 2 heterocycles. The van der Waals surface area contributed by atoms with Crippen LogP contribution in [-0.4, -0.2) is 16.5 Å². The Balaban J connectivity index is 1.99. The van der Waals surface area contributed by atoms with Gasteiger partial charge < -0.3 is 10.1 Å². The molecule has 3 aromatic rings. The Hall–Kier alpha value is -2.14. The third kappa shape index (κ3) is 2.97. The molecule has 0 fully saturated rings. The summed E-state index contributed by atoms with van der Waals surface area (Å²) in [5.74, 6) is 2.02. The lowest BCUT2D eigenvalue weighted by atomic mass is 10.2. The highest BCUT2D eigenvalue weighted by atomic mass is 32.1. The monoisotopic (exact) mass is 299 g/mol. The number of aromatic nitrogens is 2. The number of ether oxygens (including phenoxy) is 1. The Morgan fingerprint density at radius 2 is 2.10 bits per heavy atom. The second kappa shape index (κ2) is 6.10. The maximum Gasteiger partial charge on any atom is 0.232 e. The van der Waals surface area contributed by atoms with Gasteiger partial charge in [-0.3, -0.25) is 0 Å². The molecule has 1 aromatic carbocycles. The van der Waals surface area contributed by atoms with Crippen LogP contribution in [0, 0.1) is 0 Å². The molecule has 0 aliphatic carbocycles. The third-order valence-corrected chi connectivity index (χ3v) is 3.95. The predicted molar refractivity (Wildman–Crippen MR) is 87.5 cm³/mol. The first-order valence-corrected chi connectivity index (χ1v) is 7.94. The lowest BCUT2D eigenvalue weighted by Gasteiger charge is -2.09. The molecule has 4 nitrogen and oxygen atoms in total. The van der Waals surface area contributed by atoms with Crippen LogP contribution in [-0.2, 0) is 6.42 Å². The fraction of sp³-hybridized carbons (Fsp3) is 0.250. The summed E-state index contributed by atoms with van der Waals surface area (Å²) in [6.45, 7) is 4.93. The summed E-state index contributed by atoms with van der Waals surface area (Å²) in [5.41, 5.74) is 1.25. The molecule has 0 amide bonds. The molecule has 0 saturated heterocycles. The van der Waals surface area contributed by atoms with Crippen LogP contribution >= 0.6 is 11.3 Å². The van der Waals surface area contributed by atoms with Gasteiger partial charge in [-0.05, 0) is 42.5 Å². The summed E-state index contributed by atoms with van der Waals surface area (Å²) in [7, 11) is 0. The molecule has 5 heteroatoms. The van der Waals surface area contributed by atoms with Gasteiger partial charge in [-0.2, -0.15) is 4.98 Å². The minimum absolute atomic E-state index is 0.602. The minimum atomic E-state index is 0.602. The molecule has 0 spiro atoms. The second-order valence-electron chi connectivity index (χ2n) is 4.63. The van der Waals surface area contributed by atoms with Gasteiger partial charge >= 0.3 is 0 Å². The van der Waals surface area contributed by atoms with Crippen molar-refractivity contribution >= 4 is 27.5 Å². The topological polar surface area (TPSA) is 47.0 Å². The van der Waals surface area contributed by atoms with Crippen LogP contribution in [0.3, 0.4) is 0 Å². The van der Waals surface area contributed by atoms with Crippen molar-refractivity contribution in [1.29, 1.82) is 0 Å². The highest BCUT2D eigenvalue weighted by Gasteiger charge is 2.11. The number of aryl methyl sites for hydroxylation is 1. The van der Waals surface area contributed by atoms with Crippen molar-refractivity contribution in [3.05, 3.63) is 41.3 Å². The number of nitrogens with one attached hydrogen (secondary N) is 1. The zero-order chi connectivity index (χ0) is 14.7. The fourth-order valence-electron chi connectivity index (χ4n) is 2.08. The summed E-state index contributed by atoms with van der Waals surface area (Å²) in [4.78, 5) is 9.89. The molecule has 0 bridgehead atoms. The van der Waals surface area contributed by atoms with E-state index in [9.17, 15) is 0 Å². The molecule has 108 valence electrons. The molecular formula is C16H17N3OS. The van der Waals surface area contributed by atoms with E-state index in [0.717, 1.165) is 28.9 Å². The average Bonchev–Trinajstić information content (AvgIpc) is 2.96. The number of rotatable bonds is 5. The summed E-state index contributed by atoms with van der Waals surface area (Å²) in [6, 6.07) is 10.1. The van der Waals surface area contributed by atoms with E-state index in [2.05, 4.69) is 28.3 Å². The van der Waals surface area contributed by atoms with E-state index in [1.807, 2.05) is 36.6 Å². The van der Waals surface area contributed by atoms with Gasteiger partial charge in [-0.1, -0.05) is 19.1 Å². The quantitative estimate of drug-likeness (QED) is 0.754. The van der Waals surface area contributed by atoms with Gasteiger partial charge in [0, 0.05) is 6.54 Å². The molecule has 0 aliphatic rings. The highest BCUT2D eigenvalue weighted by Crippen LogP contribution is 2.31. The van der Waals surface area contributed by atoms with Gasteiger partial charge in [0.2, 0.25) is 11.8 Å². The van der Waals surface area contributed by atoms with Crippen LogP contribution in [0.5, 0.6) is 11.6 Å². The Kier molecular flexibility index (Phi) is 4.01. The molecule has 1 N–H and O–H groups in total. The number of anilines is 1. The largest absolute Gasteiger partial charge is 0.438 e. The van der Waals surface area contributed by atoms with E-state index in [0.29, 0.717) is 11.8 Å². The van der Waals surface area contributed by atoms with Crippen LogP contribution in [0.1, 0.15) is 19.4 Å². The highest BCUT2D eigenvalue weighted by molar-refractivity contribution is 7.16. The lowest BCUT2D eigenvalue weighted by Crippen LogP contribution is -2.03. The summed E-state index contributed by atoms with van der Waals surface area (Å²) in [5, 5.41) is 6.09. The molecule has 0 atom stereocenters. The average molecular weight is 299 g/mol. The van der Waals surface area contributed by atoms with Crippen molar-refractivity contribution in [1.82, 2.24) is 9.97 Å². The van der Waals surface area contributed by atoms with Gasteiger partial charge in [-0.25, -0.2) is 4.98 Å². The normalized spacial score (nSPS) is 10.8. The Bertz CT molecular complexity index is 754. The summed E-state index contributed by atoms with van der Waals surface area (Å²) in [6.07, 6.45) is 0.984. The van der Waals surface area contributed by atoms with Crippen LogP contribution < -0.4 is 10.1 Å². The van der Waals surface area contributed by atoms with E-state index in [1.54, 1.807) is 11.3 Å². The van der Waals surface area contributed by atoms with E-state index < -0.39 is 0 Å². The number of thiophene rings is 1. The van der Waals surface area contributed by atoms with Gasteiger partial charge in [-0.15, -0.1) is 11.3 Å². The van der Waals surface area contributed by atoms with E-state index in [-0.39, 0.29) is 0 Å². The lowest BCUT2D eigenvalue weighted by molar-refractivity contribution is 0.468. The molecule has 0 radical (unpaired) electrons. The molecular weight excluding hydrogens is 282 g/mol. The molecule has 2 aromatic heterocycles. The Morgan fingerprint density at radius 1 is 1.19 bits per heavy atom. The molecule has 21 heavy (non-hydrogen) atoms. The van der Waals surface area contributed by atoms with Crippen LogP contribution in [0.25, 0.3) is 10.2 Å². The third-order valence-electron chi connectivity index (χ3n) is 3.15. The van der Waals surface area contributed by atoms with Crippen LogP contribution in [0.4, 0.5) is 5.95 Å². The van der Waals surface area contributed by atoms with Gasteiger partial charge in [0.05, 0.1) is 5.39 Å². The second-order valence-corrected chi connectivity index (χ2v) is 5.52. The zero-order valence-electron chi connectivity index (χ0n) is 12.1. The SMILES string of the molecule is CCNc1nc(Oc2cccc(CC)c2)c2ccsc2n1. The van der Waals surface area contributed by atoms with Gasteiger partial charge in [0.1, 0.15) is 10.6 Å². The maximum absolute atomic E-state index is 6.00. The van der Waals surface area contributed by atoms with Crippen molar-refractivity contribution in [3.63, 3.8) is 0 Å². The van der Waals surface area contributed by atoms with Crippen molar-refractivity contribution in [2.24, 2.45) is 0 Å². The van der Waals surface area contributed by atoms with Crippen molar-refractivity contribution in [2.45, 2.75) is 20.3 Å². The minimum Gasteiger partial charge on any atom is -0.438 e. The first kappa shape index (κ1) is 13.8. The van der Waals surface area contributed by atoms with E-state index in [1.165, 1.54) is 5.56 Å². The zero-order valence-corrected chi connectivity index (χ0v) is 12.9. The first-order chi connectivity index (χ1) is 10.3. The Morgan fingerprint density at radius 3 is 2.90 bits per heavy atom. The molecule has 0 aliphatic heterocycles. The first-order valence-electron chi connectivity index (χ1n) is 7.06. The van der Waals surface area contributed by atoms with Crippen molar-refractivity contribution < 1.29 is 4.74 Å². The number of hydrogen-bond donors (Lipinski definition) is 1. The number of fused-ring (bicyclic) bond motifs is 1. The maximum atomic E-state index is 6.00. The molecule has 3 rings (SSSR count). The Labute approximate surface area is 127 Å². The van der Waals surface area contributed by atoms with Gasteiger partial charge in [0.25, 0.3) is 0 Å². The number of nitrogens with zero attached hydrogens (tertiary/aromatic N) is 2. The predicted octanol–water partition coefficient (Wildman–Crippen LogP) is 4.48. The summed E-state index contributed by atoms with van der Waals surface area (Å²) < 4.78 is 6.00. The van der Waals surface area contributed by atoms with Crippen LogP contribution in [0.15, 0.2) is 35.7 Å². The van der Waals surface area contributed by atoms with Crippen LogP contribution in [0.2, 0.25) is 0 Å². The van der Waals surface area contributed by atoms with E-state index >= 15 is 0 Å². The molecule has 0 unspecified atom stereocenters. The van der Waals surface area contributed by atoms with Crippen molar-refractivity contribution in [3.8, 4) is 11.6 Å². The summed E-state index contributed by atoms with van der Waals surface area (Å²) >= 11 is 1.59. The standard InChI is InChI=1S/C16H17N3OS/c1-3-11-6-5-7-12(10-11)20-14-13-8-9-21-15(13)19-16(18-14)17-4-2/h5-10H,3-4H2,1-2H3,(H,17,18,19). The number of benzene rings is 1. The molecule has 0 saturated carbocycles. The van der Waals surface area contributed by atoms with E-state index in [4.69, 9.17) is 4.74 Å². The number of hydrogen-bond acceptors (Lipinski definition) is 5. The van der Waals surface area contributed by atoms with Gasteiger partial charge in [0.15, 0.2) is 0 Å². The van der Waals surface area contributed by atoms with Crippen molar-refractivity contribution in [2.75, 3.05) is 11.9 Å². The smallest absolute Gasteiger partial charge is 0.232 e. The fourth-order valence-corrected chi connectivity index (χ4v) is 2.84.